The molecule has 0 heterocycles. The van der Waals surface area contributed by atoms with Gasteiger partial charge in [0.1, 0.15) is 0 Å². The van der Waals surface area contributed by atoms with E-state index in [0.29, 0.717) is 18.9 Å². The van der Waals surface area contributed by atoms with Crippen molar-refractivity contribution < 1.29 is 4.79 Å². The van der Waals surface area contributed by atoms with Crippen molar-refractivity contribution in [1.82, 2.24) is 5.32 Å². The summed E-state index contributed by atoms with van der Waals surface area (Å²) in [6, 6.07) is -0.419. The first-order chi connectivity index (χ1) is 6.22. The Bertz CT molecular complexity index is 184. The SMILES string of the molecule is CC(C)C[C@H](N)C(=O)NCC(C)(C)N. The van der Waals surface area contributed by atoms with Crippen LogP contribution in [-0.2, 0) is 4.79 Å². The highest BCUT2D eigenvalue weighted by molar-refractivity contribution is 5.81. The van der Waals surface area contributed by atoms with Crippen molar-refractivity contribution in [2.45, 2.75) is 45.7 Å². The quantitative estimate of drug-likeness (QED) is 0.595. The Morgan fingerprint density at radius 2 is 1.93 bits per heavy atom. The number of hydrogen-bond donors (Lipinski definition) is 3. The molecule has 0 saturated heterocycles. The average molecular weight is 201 g/mol. The maximum Gasteiger partial charge on any atom is 0.236 e. The molecule has 5 N–H and O–H groups in total. The molecular formula is C10H23N3O. The number of carbonyl (C=O) groups is 1. The fourth-order valence-corrected chi connectivity index (χ4v) is 1.06. The smallest absolute Gasteiger partial charge is 0.236 e. The minimum atomic E-state index is -0.419. The minimum absolute atomic E-state index is 0.114. The van der Waals surface area contributed by atoms with Gasteiger partial charge >= 0.3 is 0 Å². The van der Waals surface area contributed by atoms with E-state index in [1.165, 1.54) is 0 Å². The maximum atomic E-state index is 11.4. The highest BCUT2D eigenvalue weighted by Crippen LogP contribution is 2.02. The molecule has 14 heavy (non-hydrogen) atoms. The predicted molar refractivity (Wildman–Crippen MR) is 58.7 cm³/mol. The third-order valence-corrected chi connectivity index (χ3v) is 1.78. The van der Waals surface area contributed by atoms with Crippen LogP contribution in [0.2, 0.25) is 0 Å². The van der Waals surface area contributed by atoms with Crippen LogP contribution in [0.25, 0.3) is 0 Å². The van der Waals surface area contributed by atoms with Gasteiger partial charge in [0.05, 0.1) is 6.04 Å². The maximum absolute atomic E-state index is 11.4. The summed E-state index contributed by atoms with van der Waals surface area (Å²) in [6.45, 7) is 8.26. The van der Waals surface area contributed by atoms with Crippen LogP contribution >= 0.6 is 0 Å². The lowest BCUT2D eigenvalue weighted by Crippen LogP contribution is -2.49. The van der Waals surface area contributed by atoms with Gasteiger partial charge in [-0.3, -0.25) is 4.79 Å². The number of rotatable bonds is 5. The molecule has 0 aromatic rings. The molecule has 0 aromatic carbocycles. The Morgan fingerprint density at radius 1 is 1.43 bits per heavy atom. The molecule has 0 aliphatic rings. The normalized spacial score (nSPS) is 14.2. The first-order valence-electron chi connectivity index (χ1n) is 5.04. The summed E-state index contributed by atoms with van der Waals surface area (Å²) in [5.74, 6) is 0.318. The molecule has 4 nitrogen and oxygen atoms in total. The van der Waals surface area contributed by atoms with Crippen molar-refractivity contribution in [1.29, 1.82) is 0 Å². The standard InChI is InChI=1S/C10H23N3O/c1-7(2)5-8(11)9(14)13-6-10(3,4)12/h7-8H,5-6,11-12H2,1-4H3,(H,13,14)/t8-/m0/s1. The number of nitrogens with two attached hydrogens (primary N) is 2. The molecule has 1 amide bonds. The number of amides is 1. The monoisotopic (exact) mass is 201 g/mol. The summed E-state index contributed by atoms with van der Waals surface area (Å²) < 4.78 is 0. The van der Waals surface area contributed by atoms with Crippen LogP contribution in [0.1, 0.15) is 34.1 Å². The van der Waals surface area contributed by atoms with Crippen LogP contribution in [0.3, 0.4) is 0 Å². The Labute approximate surface area is 86.4 Å². The third kappa shape index (κ3) is 6.86. The van der Waals surface area contributed by atoms with Gasteiger partial charge in [0.15, 0.2) is 0 Å². The van der Waals surface area contributed by atoms with E-state index >= 15 is 0 Å². The molecule has 0 rings (SSSR count). The summed E-state index contributed by atoms with van der Waals surface area (Å²) in [7, 11) is 0. The van der Waals surface area contributed by atoms with Crippen LogP contribution in [0.15, 0.2) is 0 Å². The molecule has 0 aromatic heterocycles. The second kappa shape index (κ2) is 5.32. The topological polar surface area (TPSA) is 81.1 Å². The van der Waals surface area contributed by atoms with Gasteiger partial charge in [0.25, 0.3) is 0 Å². The zero-order valence-corrected chi connectivity index (χ0v) is 9.63. The Kier molecular flexibility index (Phi) is 5.08. The fourth-order valence-electron chi connectivity index (χ4n) is 1.06. The lowest BCUT2D eigenvalue weighted by Gasteiger charge is -2.21. The molecule has 0 radical (unpaired) electrons. The average Bonchev–Trinajstić information content (AvgIpc) is 1.97. The van der Waals surface area contributed by atoms with Crippen molar-refractivity contribution in [3.8, 4) is 0 Å². The van der Waals surface area contributed by atoms with E-state index in [0.717, 1.165) is 0 Å². The van der Waals surface area contributed by atoms with Gasteiger partial charge in [-0.25, -0.2) is 0 Å². The van der Waals surface area contributed by atoms with E-state index in [1.54, 1.807) is 0 Å². The second-order valence-corrected chi connectivity index (χ2v) is 4.94. The summed E-state index contributed by atoms with van der Waals surface area (Å²) in [5.41, 5.74) is 11.0. The van der Waals surface area contributed by atoms with Gasteiger partial charge in [-0.05, 0) is 26.2 Å². The lowest BCUT2D eigenvalue weighted by molar-refractivity contribution is -0.122. The van der Waals surface area contributed by atoms with E-state index in [4.69, 9.17) is 11.5 Å². The summed E-state index contributed by atoms with van der Waals surface area (Å²) in [4.78, 5) is 11.4. The van der Waals surface area contributed by atoms with Gasteiger partial charge in [-0.15, -0.1) is 0 Å². The van der Waals surface area contributed by atoms with Crippen LogP contribution in [-0.4, -0.2) is 24.0 Å². The molecule has 0 bridgehead atoms. The summed E-state index contributed by atoms with van der Waals surface area (Å²) >= 11 is 0. The Hall–Kier alpha value is -0.610. The highest BCUT2D eigenvalue weighted by Gasteiger charge is 2.17. The van der Waals surface area contributed by atoms with E-state index in [2.05, 4.69) is 5.32 Å². The van der Waals surface area contributed by atoms with Crippen LogP contribution < -0.4 is 16.8 Å². The van der Waals surface area contributed by atoms with Gasteiger partial charge < -0.3 is 16.8 Å². The molecule has 1 atom stereocenters. The molecule has 4 heteroatoms. The summed E-state index contributed by atoms with van der Waals surface area (Å²) in [6.07, 6.45) is 0.705. The molecule has 0 aliphatic carbocycles. The fraction of sp³-hybridized carbons (Fsp3) is 0.900. The van der Waals surface area contributed by atoms with E-state index in [9.17, 15) is 4.79 Å². The predicted octanol–water partition coefficient (Wildman–Crippen LogP) is 0.213. The highest BCUT2D eigenvalue weighted by atomic mass is 16.2. The van der Waals surface area contributed by atoms with Crippen molar-refractivity contribution in [2.75, 3.05) is 6.54 Å². The van der Waals surface area contributed by atoms with Gasteiger partial charge in [0.2, 0.25) is 5.91 Å². The molecule has 0 unspecified atom stereocenters. The Morgan fingerprint density at radius 3 is 2.29 bits per heavy atom. The van der Waals surface area contributed by atoms with E-state index in [-0.39, 0.29) is 11.4 Å². The Balaban J connectivity index is 3.85. The zero-order valence-electron chi connectivity index (χ0n) is 9.63. The van der Waals surface area contributed by atoms with E-state index < -0.39 is 6.04 Å². The van der Waals surface area contributed by atoms with Crippen LogP contribution in [0.5, 0.6) is 0 Å². The van der Waals surface area contributed by atoms with Gasteiger partial charge in [0, 0.05) is 12.1 Å². The number of carbonyl (C=O) groups excluding carboxylic acids is 1. The molecule has 0 saturated carbocycles. The molecule has 0 spiro atoms. The zero-order chi connectivity index (χ0) is 11.4. The van der Waals surface area contributed by atoms with Gasteiger partial charge in [-0.2, -0.15) is 0 Å². The third-order valence-electron chi connectivity index (χ3n) is 1.78. The number of nitrogens with one attached hydrogen (secondary N) is 1. The van der Waals surface area contributed by atoms with Crippen molar-refractivity contribution in [3.05, 3.63) is 0 Å². The molecule has 0 aliphatic heterocycles. The molecule has 84 valence electrons. The first-order valence-corrected chi connectivity index (χ1v) is 5.04. The van der Waals surface area contributed by atoms with Crippen molar-refractivity contribution in [3.63, 3.8) is 0 Å². The van der Waals surface area contributed by atoms with Crippen LogP contribution in [0.4, 0.5) is 0 Å². The minimum Gasteiger partial charge on any atom is -0.353 e. The largest absolute Gasteiger partial charge is 0.353 e. The van der Waals surface area contributed by atoms with Crippen molar-refractivity contribution in [2.24, 2.45) is 17.4 Å². The van der Waals surface area contributed by atoms with Crippen molar-refractivity contribution >= 4 is 5.91 Å². The molecule has 0 fully saturated rings. The summed E-state index contributed by atoms with van der Waals surface area (Å²) in [5, 5.41) is 2.74. The second-order valence-electron chi connectivity index (χ2n) is 4.94. The van der Waals surface area contributed by atoms with E-state index in [1.807, 2.05) is 27.7 Å². The lowest BCUT2D eigenvalue weighted by atomic mass is 10.0. The molecular weight excluding hydrogens is 178 g/mol. The number of hydrogen-bond acceptors (Lipinski definition) is 3. The first kappa shape index (κ1) is 13.4. The van der Waals surface area contributed by atoms with Gasteiger partial charge in [-0.1, -0.05) is 13.8 Å². The van der Waals surface area contributed by atoms with Crippen LogP contribution in [0, 0.1) is 5.92 Å².